The second-order valence-electron chi connectivity index (χ2n) is 5.70. The third-order valence-corrected chi connectivity index (χ3v) is 4.94. The highest BCUT2D eigenvalue weighted by Crippen LogP contribution is 2.14. The first-order chi connectivity index (χ1) is 11.6. The molecule has 0 fully saturated rings. The minimum Gasteiger partial charge on any atom is -0.466 e. The van der Waals surface area contributed by atoms with Crippen LogP contribution < -0.4 is 10.6 Å². The van der Waals surface area contributed by atoms with Gasteiger partial charge < -0.3 is 19.6 Å². The Morgan fingerprint density at radius 1 is 1.25 bits per heavy atom. The topological polar surface area (TPSA) is 55.0 Å². The van der Waals surface area contributed by atoms with E-state index in [2.05, 4.69) is 27.1 Å². The first-order valence-corrected chi connectivity index (χ1v) is 9.76. The molecule has 7 heteroatoms. The van der Waals surface area contributed by atoms with Gasteiger partial charge in [0.2, 0.25) is 0 Å². The van der Waals surface area contributed by atoms with Crippen molar-refractivity contribution < 1.29 is 4.42 Å². The summed E-state index contributed by atoms with van der Waals surface area (Å²) in [6.45, 7) is 8.77. The van der Waals surface area contributed by atoms with Gasteiger partial charge in [0.15, 0.2) is 5.11 Å². The molecule has 2 N–H and O–H groups in total. The minimum absolute atomic E-state index is 0.725. The van der Waals surface area contributed by atoms with Crippen LogP contribution in [0.5, 0.6) is 0 Å². The van der Waals surface area contributed by atoms with Crippen molar-refractivity contribution in [1.82, 2.24) is 20.2 Å². The van der Waals surface area contributed by atoms with Crippen LogP contribution in [0.1, 0.15) is 29.5 Å². The molecule has 0 unspecified atom stereocenters. The van der Waals surface area contributed by atoms with Crippen LogP contribution in [0.25, 0.3) is 0 Å². The summed E-state index contributed by atoms with van der Waals surface area (Å²) in [7, 11) is 0. The minimum atomic E-state index is 0.725. The lowest BCUT2D eigenvalue weighted by Gasteiger charge is -2.11. The van der Waals surface area contributed by atoms with Crippen LogP contribution in [0.2, 0.25) is 0 Å². The van der Waals surface area contributed by atoms with Crippen LogP contribution in [0.3, 0.4) is 0 Å². The zero-order valence-corrected chi connectivity index (χ0v) is 16.2. The van der Waals surface area contributed by atoms with E-state index in [0.717, 1.165) is 60.0 Å². The zero-order valence-electron chi connectivity index (χ0n) is 14.6. The first-order valence-electron chi connectivity index (χ1n) is 8.19. The zero-order chi connectivity index (χ0) is 17.4. The molecule has 2 aromatic rings. The van der Waals surface area contributed by atoms with Gasteiger partial charge in [-0.3, -0.25) is 0 Å². The molecular weight excluding hydrogens is 340 g/mol. The van der Waals surface area contributed by atoms with Gasteiger partial charge >= 0.3 is 0 Å². The van der Waals surface area contributed by atoms with Gasteiger partial charge in [-0.05, 0) is 51.5 Å². The fourth-order valence-corrected chi connectivity index (χ4v) is 3.34. The Morgan fingerprint density at radius 2 is 2.04 bits per heavy atom. The second kappa shape index (κ2) is 9.74. The fraction of sp³-hybridized carbons (Fsp3) is 0.529. The Kier molecular flexibility index (Phi) is 7.65. The monoisotopic (exact) mass is 366 g/mol. The summed E-state index contributed by atoms with van der Waals surface area (Å²) in [6, 6.07) is 4.03. The maximum Gasteiger partial charge on any atom is 0.166 e. The molecule has 132 valence electrons. The smallest absolute Gasteiger partial charge is 0.166 e. The van der Waals surface area contributed by atoms with E-state index in [4.69, 9.17) is 16.6 Å². The van der Waals surface area contributed by atoms with Crippen LogP contribution in [-0.2, 0) is 12.3 Å². The number of imidazole rings is 1. The van der Waals surface area contributed by atoms with Crippen molar-refractivity contribution in [1.29, 1.82) is 0 Å². The van der Waals surface area contributed by atoms with Crippen molar-refractivity contribution in [2.45, 2.75) is 39.5 Å². The van der Waals surface area contributed by atoms with E-state index in [0.29, 0.717) is 0 Å². The lowest BCUT2D eigenvalue weighted by atomic mass is 10.4. The maximum atomic E-state index is 5.54. The number of nitrogens with one attached hydrogen (secondary N) is 2. The number of aromatic nitrogens is 2. The number of aryl methyl sites for hydroxylation is 3. The Labute approximate surface area is 153 Å². The molecule has 0 aliphatic heterocycles. The number of thiocarbonyl (C=S) groups is 1. The average molecular weight is 367 g/mol. The number of rotatable bonds is 9. The van der Waals surface area contributed by atoms with Gasteiger partial charge in [0.05, 0.1) is 5.75 Å². The van der Waals surface area contributed by atoms with E-state index in [-0.39, 0.29) is 0 Å². The molecule has 2 rings (SSSR count). The predicted molar refractivity (Wildman–Crippen MR) is 105 cm³/mol. The number of hydrogen-bond acceptors (Lipinski definition) is 4. The van der Waals surface area contributed by atoms with E-state index in [9.17, 15) is 0 Å². The Bertz CT molecular complexity index is 631. The van der Waals surface area contributed by atoms with Crippen molar-refractivity contribution in [3.8, 4) is 0 Å². The molecule has 0 bridgehead atoms. The summed E-state index contributed by atoms with van der Waals surface area (Å²) >= 11 is 7.13. The van der Waals surface area contributed by atoms with Gasteiger partial charge in [0.25, 0.3) is 0 Å². The quantitative estimate of drug-likeness (QED) is 0.525. The molecule has 2 aromatic heterocycles. The molecule has 0 spiro atoms. The molecule has 0 amide bonds. The lowest BCUT2D eigenvalue weighted by Crippen LogP contribution is -2.37. The van der Waals surface area contributed by atoms with Crippen molar-refractivity contribution in [3.63, 3.8) is 0 Å². The largest absolute Gasteiger partial charge is 0.466 e. The number of thioether (sulfide) groups is 1. The molecule has 0 saturated heterocycles. The number of furan rings is 1. The third kappa shape index (κ3) is 6.20. The normalized spacial score (nSPS) is 10.8. The molecule has 5 nitrogen and oxygen atoms in total. The Hall–Kier alpha value is -1.47. The highest BCUT2D eigenvalue weighted by atomic mass is 32.2. The van der Waals surface area contributed by atoms with Crippen molar-refractivity contribution in [2.24, 2.45) is 0 Å². The van der Waals surface area contributed by atoms with Gasteiger partial charge in [-0.1, -0.05) is 0 Å². The van der Waals surface area contributed by atoms with Crippen molar-refractivity contribution in [2.75, 3.05) is 18.8 Å². The predicted octanol–water partition coefficient (Wildman–Crippen LogP) is 3.19. The molecule has 0 saturated carbocycles. The van der Waals surface area contributed by atoms with Gasteiger partial charge in [-0.2, -0.15) is 11.8 Å². The molecular formula is C17H26N4OS2. The van der Waals surface area contributed by atoms with E-state index in [1.54, 1.807) is 0 Å². The number of hydrogen-bond donors (Lipinski definition) is 2. The second-order valence-corrected chi connectivity index (χ2v) is 7.21. The SMILES string of the molecule is Cc1ccc(CSCCNC(=S)NCCCn2c(C)cnc2C)o1. The van der Waals surface area contributed by atoms with Crippen LogP contribution in [0.4, 0.5) is 0 Å². The Morgan fingerprint density at radius 3 is 2.71 bits per heavy atom. The third-order valence-electron chi connectivity index (χ3n) is 3.67. The van der Waals surface area contributed by atoms with Crippen LogP contribution in [-0.4, -0.2) is 33.5 Å². The molecule has 0 aromatic carbocycles. The average Bonchev–Trinajstić information content (AvgIpc) is 3.10. The first kappa shape index (κ1) is 18.9. The van der Waals surface area contributed by atoms with E-state index >= 15 is 0 Å². The Balaban J connectivity index is 1.49. The summed E-state index contributed by atoms with van der Waals surface area (Å²) in [5.41, 5.74) is 1.21. The van der Waals surface area contributed by atoms with E-state index < -0.39 is 0 Å². The highest BCUT2D eigenvalue weighted by Gasteiger charge is 2.02. The van der Waals surface area contributed by atoms with Gasteiger partial charge in [0.1, 0.15) is 17.3 Å². The lowest BCUT2D eigenvalue weighted by molar-refractivity contribution is 0.501. The summed E-state index contributed by atoms with van der Waals surface area (Å²) in [5, 5.41) is 7.22. The van der Waals surface area contributed by atoms with Gasteiger partial charge in [-0.15, -0.1) is 0 Å². The van der Waals surface area contributed by atoms with Crippen LogP contribution >= 0.6 is 24.0 Å². The van der Waals surface area contributed by atoms with Crippen LogP contribution in [0.15, 0.2) is 22.7 Å². The molecule has 0 aliphatic carbocycles. The molecule has 24 heavy (non-hydrogen) atoms. The number of nitrogens with zero attached hydrogens (tertiary/aromatic N) is 2. The molecule has 0 atom stereocenters. The highest BCUT2D eigenvalue weighted by molar-refractivity contribution is 7.98. The fourth-order valence-electron chi connectivity index (χ4n) is 2.39. The van der Waals surface area contributed by atoms with Crippen molar-refractivity contribution >= 4 is 29.1 Å². The van der Waals surface area contributed by atoms with Crippen molar-refractivity contribution in [3.05, 3.63) is 41.4 Å². The molecule has 0 aliphatic rings. The van der Waals surface area contributed by atoms with Gasteiger partial charge in [0, 0.05) is 37.3 Å². The standard InChI is InChI=1S/C17H26N4OS2/c1-13-11-20-15(3)21(13)9-4-7-18-17(23)19-8-10-24-12-16-6-5-14(2)22-16/h5-6,11H,4,7-10,12H2,1-3H3,(H2,18,19,23). The summed E-state index contributed by atoms with van der Waals surface area (Å²) in [6.07, 6.45) is 2.93. The summed E-state index contributed by atoms with van der Waals surface area (Å²) < 4.78 is 7.77. The summed E-state index contributed by atoms with van der Waals surface area (Å²) in [4.78, 5) is 4.31. The van der Waals surface area contributed by atoms with E-state index in [1.807, 2.05) is 43.9 Å². The molecule has 0 radical (unpaired) electrons. The van der Waals surface area contributed by atoms with Crippen LogP contribution in [0, 0.1) is 20.8 Å². The summed E-state index contributed by atoms with van der Waals surface area (Å²) in [5.74, 6) is 4.96. The maximum absolute atomic E-state index is 5.54. The molecule has 2 heterocycles. The van der Waals surface area contributed by atoms with E-state index in [1.165, 1.54) is 5.69 Å². The van der Waals surface area contributed by atoms with Gasteiger partial charge in [-0.25, -0.2) is 4.98 Å².